The zero-order valence-electron chi connectivity index (χ0n) is 13.7. The number of rotatable bonds is 2. The third kappa shape index (κ3) is 3.37. The van der Waals surface area contributed by atoms with Gasteiger partial charge in [-0.05, 0) is 37.8 Å². The van der Waals surface area contributed by atoms with E-state index in [1.807, 2.05) is 36.2 Å². The lowest BCUT2D eigenvalue weighted by Gasteiger charge is -2.29. The summed E-state index contributed by atoms with van der Waals surface area (Å²) in [6.07, 6.45) is 1.83. The Morgan fingerprint density at radius 3 is 2.57 bits per heavy atom. The van der Waals surface area contributed by atoms with Crippen LogP contribution in [0.5, 0.6) is 0 Å². The highest BCUT2D eigenvalue weighted by Gasteiger charge is 2.33. The molecule has 1 fully saturated rings. The van der Waals surface area contributed by atoms with Gasteiger partial charge in [0.25, 0.3) is 0 Å². The molecular weight excluding hydrogens is 312 g/mol. The van der Waals surface area contributed by atoms with Gasteiger partial charge < -0.3 is 9.80 Å². The van der Waals surface area contributed by atoms with E-state index in [2.05, 4.69) is 11.8 Å². The second kappa shape index (κ2) is 6.15. The molecule has 0 N–H and O–H groups in total. The van der Waals surface area contributed by atoms with Gasteiger partial charge in [-0.2, -0.15) is 0 Å². The van der Waals surface area contributed by atoms with E-state index < -0.39 is 9.84 Å². The fourth-order valence-corrected chi connectivity index (χ4v) is 5.48. The maximum Gasteiger partial charge on any atom is 0.227 e. The predicted molar refractivity (Wildman–Crippen MR) is 92.7 cm³/mol. The second-order valence-corrected chi connectivity index (χ2v) is 9.01. The van der Waals surface area contributed by atoms with Crippen molar-refractivity contribution in [2.75, 3.05) is 34.9 Å². The first kappa shape index (κ1) is 16.3. The Morgan fingerprint density at radius 1 is 1.22 bits per heavy atom. The van der Waals surface area contributed by atoms with E-state index in [0.717, 1.165) is 24.3 Å². The van der Waals surface area contributed by atoms with E-state index in [0.29, 0.717) is 12.8 Å². The number of carbonyl (C=O) groups excluding carboxylic acids is 1. The maximum absolute atomic E-state index is 12.9. The fourth-order valence-electron chi connectivity index (χ4n) is 3.62. The van der Waals surface area contributed by atoms with Crippen LogP contribution >= 0.6 is 0 Å². The summed E-state index contributed by atoms with van der Waals surface area (Å²) in [6.45, 7) is 2.97. The Kier molecular flexibility index (Phi) is 4.36. The third-order valence-electron chi connectivity index (χ3n) is 4.93. The fraction of sp³-hybridized carbons (Fsp3) is 0.588. The van der Waals surface area contributed by atoms with Crippen molar-refractivity contribution in [3.63, 3.8) is 0 Å². The molecule has 6 heteroatoms. The number of hydrogen-bond donors (Lipinski definition) is 0. The van der Waals surface area contributed by atoms with Crippen LogP contribution in [0.2, 0.25) is 0 Å². The van der Waals surface area contributed by atoms with E-state index in [1.54, 1.807) is 0 Å². The summed E-state index contributed by atoms with van der Waals surface area (Å²) in [6, 6.07) is 8.07. The Balaban J connectivity index is 1.85. The minimum Gasteiger partial charge on any atom is -0.373 e. The summed E-state index contributed by atoms with van der Waals surface area (Å²) >= 11 is 0. The van der Waals surface area contributed by atoms with Gasteiger partial charge in [-0.15, -0.1) is 0 Å². The van der Waals surface area contributed by atoms with Crippen LogP contribution < -0.4 is 9.80 Å². The molecule has 2 atom stereocenters. The van der Waals surface area contributed by atoms with Crippen molar-refractivity contribution in [3.05, 3.63) is 24.3 Å². The summed E-state index contributed by atoms with van der Waals surface area (Å²) in [4.78, 5) is 17.0. The quantitative estimate of drug-likeness (QED) is 0.830. The van der Waals surface area contributed by atoms with Gasteiger partial charge in [0, 0.05) is 26.1 Å². The molecule has 0 radical (unpaired) electrons. The third-order valence-corrected chi connectivity index (χ3v) is 6.77. The molecule has 0 bridgehead atoms. The number of fused-ring (bicyclic) bond motifs is 1. The summed E-state index contributed by atoms with van der Waals surface area (Å²) < 4.78 is 23.3. The normalized spacial score (nSPS) is 26.7. The van der Waals surface area contributed by atoms with Crippen LogP contribution in [0, 0.1) is 5.92 Å². The van der Waals surface area contributed by atoms with Crippen LogP contribution in [0.15, 0.2) is 24.3 Å². The highest BCUT2D eigenvalue weighted by Crippen LogP contribution is 2.35. The van der Waals surface area contributed by atoms with Gasteiger partial charge in [-0.25, -0.2) is 8.42 Å². The smallest absolute Gasteiger partial charge is 0.227 e. The van der Waals surface area contributed by atoms with Crippen molar-refractivity contribution >= 4 is 27.1 Å². The summed E-state index contributed by atoms with van der Waals surface area (Å²) in [5.41, 5.74) is 2.00. The largest absolute Gasteiger partial charge is 0.373 e. The van der Waals surface area contributed by atoms with Crippen molar-refractivity contribution in [2.24, 2.45) is 5.92 Å². The molecule has 3 rings (SSSR count). The highest BCUT2D eigenvalue weighted by molar-refractivity contribution is 7.91. The van der Waals surface area contributed by atoms with Gasteiger partial charge in [0.1, 0.15) is 0 Å². The Hall–Kier alpha value is -1.56. The van der Waals surface area contributed by atoms with E-state index in [1.165, 1.54) is 0 Å². The number of para-hydroxylation sites is 2. The predicted octanol–water partition coefficient (Wildman–Crippen LogP) is 2.07. The van der Waals surface area contributed by atoms with E-state index >= 15 is 0 Å². The number of carbonyl (C=O) groups is 1. The molecule has 0 aromatic heterocycles. The van der Waals surface area contributed by atoms with Crippen LogP contribution in [0.1, 0.15) is 26.2 Å². The van der Waals surface area contributed by atoms with Crippen LogP contribution in [0.4, 0.5) is 11.4 Å². The van der Waals surface area contributed by atoms with Crippen molar-refractivity contribution in [1.29, 1.82) is 0 Å². The number of hydrogen-bond acceptors (Lipinski definition) is 4. The molecule has 0 saturated carbocycles. The molecule has 1 aromatic rings. The highest BCUT2D eigenvalue weighted by atomic mass is 32.2. The van der Waals surface area contributed by atoms with E-state index in [9.17, 15) is 13.2 Å². The van der Waals surface area contributed by atoms with E-state index in [4.69, 9.17) is 0 Å². The molecule has 5 nitrogen and oxygen atoms in total. The average Bonchev–Trinajstić information content (AvgIpc) is 2.77. The van der Waals surface area contributed by atoms with Crippen molar-refractivity contribution in [1.82, 2.24) is 0 Å². The second-order valence-electron chi connectivity index (χ2n) is 6.78. The van der Waals surface area contributed by atoms with Gasteiger partial charge >= 0.3 is 0 Å². The molecule has 126 valence electrons. The molecule has 2 heterocycles. The van der Waals surface area contributed by atoms with Crippen molar-refractivity contribution in [3.8, 4) is 0 Å². The van der Waals surface area contributed by atoms with Crippen LogP contribution in [0.25, 0.3) is 0 Å². The molecule has 2 aliphatic heterocycles. The molecule has 0 spiro atoms. The van der Waals surface area contributed by atoms with Gasteiger partial charge in [0.15, 0.2) is 9.84 Å². The summed E-state index contributed by atoms with van der Waals surface area (Å²) in [5, 5.41) is 0. The standard InChI is InChI=1S/C17H24N2O3S/c1-13-7-9-18(2)15-5-3-4-6-16(15)19(13)17(20)11-14-8-10-23(21,22)12-14/h3-6,13-14H,7-12H2,1-2H3/t13-,14-/m0/s1. The van der Waals surface area contributed by atoms with Crippen molar-refractivity contribution in [2.45, 2.75) is 32.2 Å². The zero-order chi connectivity index (χ0) is 16.6. The number of benzene rings is 1. The van der Waals surface area contributed by atoms with E-state index in [-0.39, 0.29) is 29.4 Å². The summed E-state index contributed by atoms with van der Waals surface area (Å²) in [7, 11) is -0.896. The lowest BCUT2D eigenvalue weighted by molar-refractivity contribution is -0.119. The molecule has 1 aromatic carbocycles. The van der Waals surface area contributed by atoms with Gasteiger partial charge in [-0.3, -0.25) is 4.79 Å². The molecule has 1 amide bonds. The first-order valence-electron chi connectivity index (χ1n) is 8.20. The number of amides is 1. The molecule has 23 heavy (non-hydrogen) atoms. The Bertz CT molecular complexity index is 702. The topological polar surface area (TPSA) is 57.7 Å². The minimum absolute atomic E-state index is 0.0344. The number of anilines is 2. The first-order valence-corrected chi connectivity index (χ1v) is 10.0. The zero-order valence-corrected chi connectivity index (χ0v) is 14.6. The maximum atomic E-state index is 12.9. The minimum atomic E-state index is -2.94. The monoisotopic (exact) mass is 336 g/mol. The Morgan fingerprint density at radius 2 is 1.91 bits per heavy atom. The molecule has 0 aliphatic carbocycles. The lowest BCUT2D eigenvalue weighted by Crippen LogP contribution is -2.39. The number of sulfone groups is 1. The van der Waals surface area contributed by atoms with Gasteiger partial charge in [0.2, 0.25) is 5.91 Å². The first-order chi connectivity index (χ1) is 10.9. The molecular formula is C17H24N2O3S. The Labute approximate surface area is 138 Å². The molecule has 1 saturated heterocycles. The van der Waals surface area contributed by atoms with Crippen LogP contribution in [0.3, 0.4) is 0 Å². The SMILES string of the molecule is C[C@H]1CCN(C)c2ccccc2N1C(=O)C[C@@H]1CCS(=O)(=O)C1. The van der Waals surface area contributed by atoms with Crippen LogP contribution in [-0.2, 0) is 14.6 Å². The lowest BCUT2D eigenvalue weighted by atomic mass is 10.0. The van der Waals surface area contributed by atoms with Gasteiger partial charge in [-0.1, -0.05) is 12.1 Å². The summed E-state index contributed by atoms with van der Waals surface area (Å²) in [5.74, 6) is 0.387. The van der Waals surface area contributed by atoms with Crippen LogP contribution in [-0.4, -0.2) is 45.5 Å². The molecule has 2 aliphatic rings. The van der Waals surface area contributed by atoms with Crippen molar-refractivity contribution < 1.29 is 13.2 Å². The average molecular weight is 336 g/mol. The van der Waals surface area contributed by atoms with Gasteiger partial charge in [0.05, 0.1) is 22.9 Å². The number of nitrogens with zero attached hydrogens (tertiary/aromatic N) is 2. The molecule has 0 unspecified atom stereocenters.